The second kappa shape index (κ2) is 6.40. The van der Waals surface area contributed by atoms with Crippen LogP contribution in [0.4, 0.5) is 5.82 Å². The van der Waals surface area contributed by atoms with Crippen molar-refractivity contribution in [2.75, 3.05) is 18.5 Å². The molecule has 0 spiro atoms. The molecule has 0 aliphatic heterocycles. The summed E-state index contributed by atoms with van der Waals surface area (Å²) in [7, 11) is 2.02. The van der Waals surface area contributed by atoms with E-state index >= 15 is 0 Å². The third-order valence-electron chi connectivity index (χ3n) is 2.50. The number of rotatable bonds is 6. The highest BCUT2D eigenvalue weighted by atomic mass is 16.3. The van der Waals surface area contributed by atoms with Crippen LogP contribution in [0.3, 0.4) is 0 Å². The van der Waals surface area contributed by atoms with Crippen LogP contribution in [-0.4, -0.2) is 23.7 Å². The van der Waals surface area contributed by atoms with E-state index in [2.05, 4.69) is 16.8 Å². The lowest BCUT2D eigenvalue weighted by Gasteiger charge is -2.20. The summed E-state index contributed by atoms with van der Waals surface area (Å²) in [6.07, 6.45) is 5.41. The number of aromatic nitrogens is 1. The lowest BCUT2D eigenvalue weighted by Crippen LogP contribution is -2.21. The first-order valence-electron chi connectivity index (χ1n) is 5.55. The Morgan fingerprint density at radius 1 is 1.40 bits per heavy atom. The Hall–Kier alpha value is -1.09. The molecule has 0 radical (unpaired) electrons. The van der Waals surface area contributed by atoms with Gasteiger partial charge in [-0.3, -0.25) is 0 Å². The second-order valence-corrected chi connectivity index (χ2v) is 3.77. The minimum Gasteiger partial charge on any atom is -0.392 e. The molecule has 0 aromatic carbocycles. The third kappa shape index (κ3) is 3.51. The number of pyridine rings is 1. The number of hydrogen-bond acceptors (Lipinski definition) is 3. The van der Waals surface area contributed by atoms with E-state index in [1.165, 1.54) is 19.3 Å². The molecule has 0 atom stereocenters. The average Bonchev–Trinajstić information content (AvgIpc) is 2.29. The van der Waals surface area contributed by atoms with Crippen molar-refractivity contribution in [1.82, 2.24) is 4.98 Å². The summed E-state index contributed by atoms with van der Waals surface area (Å²) in [6.45, 7) is 3.25. The molecule has 0 saturated heterocycles. The van der Waals surface area contributed by atoms with Gasteiger partial charge in [0.2, 0.25) is 0 Å². The molecule has 0 aliphatic carbocycles. The molecule has 0 bridgehead atoms. The Balaban J connectivity index is 2.59. The van der Waals surface area contributed by atoms with Crippen LogP contribution in [0.5, 0.6) is 0 Å². The van der Waals surface area contributed by atoms with Crippen LogP contribution in [0.25, 0.3) is 0 Å². The first kappa shape index (κ1) is 12.0. The maximum absolute atomic E-state index is 9.17. The minimum absolute atomic E-state index is 0.0568. The molecule has 3 heteroatoms. The molecule has 0 unspecified atom stereocenters. The monoisotopic (exact) mass is 208 g/mol. The number of anilines is 1. The Morgan fingerprint density at radius 2 is 2.20 bits per heavy atom. The van der Waals surface area contributed by atoms with Gasteiger partial charge in [-0.25, -0.2) is 4.98 Å². The first-order valence-corrected chi connectivity index (χ1v) is 5.55. The Kier molecular flexibility index (Phi) is 5.12. The molecule has 15 heavy (non-hydrogen) atoms. The number of nitrogens with zero attached hydrogens (tertiary/aromatic N) is 2. The van der Waals surface area contributed by atoms with Crippen molar-refractivity contribution in [2.45, 2.75) is 32.8 Å². The zero-order chi connectivity index (χ0) is 11.1. The Bertz CT molecular complexity index is 289. The molecule has 1 aromatic rings. The summed E-state index contributed by atoms with van der Waals surface area (Å²) in [5, 5.41) is 9.17. The van der Waals surface area contributed by atoms with E-state index in [1.54, 1.807) is 6.20 Å². The van der Waals surface area contributed by atoms with E-state index in [0.717, 1.165) is 17.9 Å². The summed E-state index contributed by atoms with van der Waals surface area (Å²) in [4.78, 5) is 6.41. The molecule has 1 N–H and O–H groups in total. The molecule has 84 valence electrons. The van der Waals surface area contributed by atoms with Gasteiger partial charge in [-0.1, -0.05) is 25.8 Å². The number of aliphatic hydroxyl groups is 1. The molecule has 1 aromatic heterocycles. The van der Waals surface area contributed by atoms with Gasteiger partial charge in [-0.15, -0.1) is 0 Å². The average molecular weight is 208 g/mol. The van der Waals surface area contributed by atoms with Crippen molar-refractivity contribution >= 4 is 5.82 Å². The summed E-state index contributed by atoms with van der Waals surface area (Å²) in [5.41, 5.74) is 0.900. The van der Waals surface area contributed by atoms with Gasteiger partial charge in [-0.2, -0.15) is 0 Å². The first-order chi connectivity index (χ1) is 7.29. The number of hydrogen-bond donors (Lipinski definition) is 1. The van der Waals surface area contributed by atoms with E-state index < -0.39 is 0 Å². The van der Waals surface area contributed by atoms with Crippen molar-refractivity contribution in [1.29, 1.82) is 0 Å². The molecule has 0 aliphatic rings. The van der Waals surface area contributed by atoms with Crippen LogP contribution in [-0.2, 0) is 6.61 Å². The highest BCUT2D eigenvalue weighted by Gasteiger charge is 2.06. The SMILES string of the molecule is CCCCCN(C)c1ncccc1CO. The normalized spacial score (nSPS) is 10.3. The zero-order valence-electron chi connectivity index (χ0n) is 9.61. The van der Waals surface area contributed by atoms with E-state index in [1.807, 2.05) is 19.2 Å². The predicted octanol–water partition coefficient (Wildman–Crippen LogP) is 2.20. The van der Waals surface area contributed by atoms with Crippen LogP contribution >= 0.6 is 0 Å². The number of aliphatic hydroxyl groups excluding tert-OH is 1. The van der Waals surface area contributed by atoms with Gasteiger partial charge in [0.05, 0.1) is 6.61 Å². The summed E-state index contributed by atoms with van der Waals surface area (Å²) in [6, 6.07) is 3.77. The van der Waals surface area contributed by atoms with Crippen LogP contribution < -0.4 is 4.90 Å². The lowest BCUT2D eigenvalue weighted by molar-refractivity contribution is 0.281. The Morgan fingerprint density at radius 3 is 2.87 bits per heavy atom. The summed E-state index contributed by atoms with van der Waals surface area (Å²) >= 11 is 0. The van der Waals surface area contributed by atoms with Crippen molar-refractivity contribution < 1.29 is 5.11 Å². The van der Waals surface area contributed by atoms with E-state index in [4.69, 9.17) is 0 Å². The fourth-order valence-corrected chi connectivity index (χ4v) is 1.60. The molecule has 1 rings (SSSR count). The van der Waals surface area contributed by atoms with Crippen LogP contribution in [0.1, 0.15) is 31.7 Å². The smallest absolute Gasteiger partial charge is 0.133 e. The molecule has 3 nitrogen and oxygen atoms in total. The molecular formula is C12H20N2O. The Labute approximate surface area is 91.8 Å². The van der Waals surface area contributed by atoms with Crippen molar-refractivity contribution in [2.24, 2.45) is 0 Å². The van der Waals surface area contributed by atoms with Gasteiger partial charge in [-0.05, 0) is 12.5 Å². The standard InChI is InChI=1S/C12H20N2O/c1-3-4-5-9-14(2)12-11(10-15)7-6-8-13-12/h6-8,15H,3-5,9-10H2,1-2H3. The summed E-state index contributed by atoms with van der Waals surface area (Å²) < 4.78 is 0. The quantitative estimate of drug-likeness (QED) is 0.728. The van der Waals surface area contributed by atoms with Gasteiger partial charge in [0, 0.05) is 25.4 Å². The van der Waals surface area contributed by atoms with E-state index in [9.17, 15) is 5.11 Å². The fourth-order valence-electron chi connectivity index (χ4n) is 1.60. The number of unbranched alkanes of at least 4 members (excludes halogenated alkanes) is 2. The zero-order valence-corrected chi connectivity index (χ0v) is 9.61. The maximum atomic E-state index is 9.17. The van der Waals surface area contributed by atoms with E-state index in [-0.39, 0.29) is 6.61 Å². The second-order valence-electron chi connectivity index (χ2n) is 3.77. The van der Waals surface area contributed by atoms with Crippen molar-refractivity contribution in [3.8, 4) is 0 Å². The van der Waals surface area contributed by atoms with Gasteiger partial charge < -0.3 is 10.0 Å². The van der Waals surface area contributed by atoms with Gasteiger partial charge in [0.15, 0.2) is 0 Å². The van der Waals surface area contributed by atoms with Crippen molar-refractivity contribution in [3.05, 3.63) is 23.9 Å². The van der Waals surface area contributed by atoms with Crippen LogP contribution in [0.15, 0.2) is 18.3 Å². The molecule has 0 fully saturated rings. The summed E-state index contributed by atoms with van der Waals surface area (Å²) in [5.74, 6) is 0.899. The largest absolute Gasteiger partial charge is 0.392 e. The maximum Gasteiger partial charge on any atom is 0.133 e. The predicted molar refractivity (Wildman–Crippen MR) is 63.0 cm³/mol. The van der Waals surface area contributed by atoms with Crippen LogP contribution in [0.2, 0.25) is 0 Å². The van der Waals surface area contributed by atoms with E-state index in [0.29, 0.717) is 0 Å². The molecule has 0 saturated carbocycles. The topological polar surface area (TPSA) is 36.4 Å². The van der Waals surface area contributed by atoms with Gasteiger partial charge in [0.25, 0.3) is 0 Å². The minimum atomic E-state index is 0.0568. The highest BCUT2D eigenvalue weighted by Crippen LogP contribution is 2.15. The highest BCUT2D eigenvalue weighted by molar-refractivity contribution is 5.45. The van der Waals surface area contributed by atoms with Crippen molar-refractivity contribution in [3.63, 3.8) is 0 Å². The third-order valence-corrected chi connectivity index (χ3v) is 2.50. The molecule has 0 amide bonds. The van der Waals surface area contributed by atoms with Crippen LogP contribution in [0, 0.1) is 0 Å². The van der Waals surface area contributed by atoms with Gasteiger partial charge in [0.1, 0.15) is 5.82 Å². The fraction of sp³-hybridized carbons (Fsp3) is 0.583. The molecule has 1 heterocycles. The molecular weight excluding hydrogens is 188 g/mol. The lowest BCUT2D eigenvalue weighted by atomic mass is 10.2. The van der Waals surface area contributed by atoms with Gasteiger partial charge >= 0.3 is 0 Å².